The number of nitrogens with one attached hydrogen (secondary N) is 1. The second-order valence-electron chi connectivity index (χ2n) is 9.83. The standard InChI is InChI=1S/C33H27Cl2N3O4S/c1-42-33(39)26-10-5-23(6-11-26)20-38-21-31(29-17-14-27(34)19-30(29)35)36-32(38)18-7-22-3-8-24(9-4-22)25-12-15-28(16-13-25)37-43(2,40)41/h3-19,21,37H,20H2,1-2H3/b18-7+. The Hall–Kier alpha value is -4.37. The van der Waals surface area contributed by atoms with Crippen LogP contribution in [0, 0.1) is 0 Å². The first-order valence-electron chi connectivity index (χ1n) is 13.1. The number of aromatic nitrogens is 2. The van der Waals surface area contributed by atoms with E-state index >= 15 is 0 Å². The van der Waals surface area contributed by atoms with Crippen LogP contribution in [0.2, 0.25) is 10.0 Å². The highest BCUT2D eigenvalue weighted by molar-refractivity contribution is 7.92. The number of hydrogen-bond acceptors (Lipinski definition) is 5. The van der Waals surface area contributed by atoms with Gasteiger partial charge in [-0.25, -0.2) is 18.2 Å². The Balaban J connectivity index is 1.40. The highest BCUT2D eigenvalue weighted by Crippen LogP contribution is 2.31. The van der Waals surface area contributed by atoms with Crippen LogP contribution in [0.1, 0.15) is 27.3 Å². The third-order valence-corrected chi connectivity index (χ3v) is 7.75. The van der Waals surface area contributed by atoms with Gasteiger partial charge in [0.05, 0.1) is 29.6 Å². The first-order valence-corrected chi connectivity index (χ1v) is 15.8. The summed E-state index contributed by atoms with van der Waals surface area (Å²) in [5.74, 6) is 0.334. The van der Waals surface area contributed by atoms with Gasteiger partial charge in [0.15, 0.2) is 0 Å². The second kappa shape index (κ2) is 12.9. The van der Waals surface area contributed by atoms with E-state index in [-0.39, 0.29) is 5.97 Å². The number of ether oxygens (including phenoxy) is 1. The number of sulfonamides is 1. The quantitative estimate of drug-likeness (QED) is 0.167. The van der Waals surface area contributed by atoms with Crippen molar-refractivity contribution in [2.24, 2.45) is 0 Å². The molecule has 4 aromatic carbocycles. The number of carbonyl (C=O) groups is 1. The smallest absolute Gasteiger partial charge is 0.337 e. The molecule has 0 radical (unpaired) electrons. The molecule has 218 valence electrons. The van der Waals surface area contributed by atoms with Gasteiger partial charge in [-0.2, -0.15) is 0 Å². The Morgan fingerprint density at radius 1 is 0.907 bits per heavy atom. The summed E-state index contributed by atoms with van der Waals surface area (Å²) in [5, 5.41) is 1.05. The molecular weight excluding hydrogens is 605 g/mol. The lowest BCUT2D eigenvalue weighted by atomic mass is 10.0. The third-order valence-electron chi connectivity index (χ3n) is 6.60. The Labute approximate surface area is 260 Å². The molecule has 0 fully saturated rings. The molecule has 0 unspecified atom stereocenters. The van der Waals surface area contributed by atoms with Gasteiger partial charge in [0.1, 0.15) is 5.82 Å². The molecule has 1 N–H and O–H groups in total. The molecule has 0 spiro atoms. The van der Waals surface area contributed by atoms with Gasteiger partial charge in [0.2, 0.25) is 10.0 Å². The maximum Gasteiger partial charge on any atom is 0.337 e. The number of imidazole rings is 1. The molecule has 5 aromatic rings. The zero-order valence-corrected chi connectivity index (χ0v) is 25.6. The summed E-state index contributed by atoms with van der Waals surface area (Å²) in [6.45, 7) is 0.516. The van der Waals surface area contributed by atoms with Gasteiger partial charge in [-0.1, -0.05) is 77.8 Å². The summed E-state index contributed by atoms with van der Waals surface area (Å²) in [7, 11) is -1.97. The van der Waals surface area contributed by atoms with Gasteiger partial charge >= 0.3 is 5.97 Å². The Morgan fingerprint density at radius 3 is 2.16 bits per heavy atom. The van der Waals surface area contributed by atoms with E-state index in [1.807, 2.05) is 77.5 Å². The molecule has 1 aromatic heterocycles. The lowest BCUT2D eigenvalue weighted by Crippen LogP contribution is -2.09. The number of carbonyl (C=O) groups excluding carboxylic acids is 1. The van der Waals surface area contributed by atoms with Crippen LogP contribution >= 0.6 is 23.2 Å². The van der Waals surface area contributed by atoms with E-state index in [1.54, 1.807) is 36.4 Å². The topological polar surface area (TPSA) is 90.3 Å². The molecule has 43 heavy (non-hydrogen) atoms. The molecule has 0 atom stereocenters. The van der Waals surface area contributed by atoms with Crippen LogP contribution in [0.5, 0.6) is 0 Å². The fourth-order valence-corrected chi connectivity index (χ4v) is 5.55. The molecule has 0 aliphatic heterocycles. The SMILES string of the molecule is COC(=O)c1ccc(Cn2cc(-c3ccc(Cl)cc3Cl)nc2/C=C/c2ccc(-c3ccc(NS(C)(=O)=O)cc3)cc2)cc1. The van der Waals surface area contributed by atoms with Crippen molar-refractivity contribution in [1.29, 1.82) is 0 Å². The molecule has 5 rings (SSSR count). The first-order chi connectivity index (χ1) is 20.6. The van der Waals surface area contributed by atoms with Crippen LogP contribution in [-0.2, 0) is 21.3 Å². The van der Waals surface area contributed by atoms with Crippen molar-refractivity contribution >= 4 is 57.0 Å². The monoisotopic (exact) mass is 631 g/mol. The van der Waals surface area contributed by atoms with E-state index in [1.165, 1.54) is 7.11 Å². The van der Waals surface area contributed by atoms with Gasteiger partial charge in [0, 0.05) is 29.0 Å². The van der Waals surface area contributed by atoms with E-state index in [0.29, 0.717) is 33.5 Å². The van der Waals surface area contributed by atoms with Crippen LogP contribution < -0.4 is 4.72 Å². The van der Waals surface area contributed by atoms with E-state index in [0.717, 1.165) is 39.9 Å². The molecule has 0 aliphatic carbocycles. The van der Waals surface area contributed by atoms with Crippen LogP contribution in [0.15, 0.2) is 97.2 Å². The Bertz CT molecular complexity index is 1900. The molecule has 10 heteroatoms. The fraction of sp³-hybridized carbons (Fsp3) is 0.0909. The van der Waals surface area contributed by atoms with E-state index in [2.05, 4.69) is 4.72 Å². The van der Waals surface area contributed by atoms with E-state index < -0.39 is 10.0 Å². The van der Waals surface area contributed by atoms with Crippen molar-refractivity contribution < 1.29 is 17.9 Å². The number of benzene rings is 4. The minimum Gasteiger partial charge on any atom is -0.465 e. The summed E-state index contributed by atoms with van der Waals surface area (Å²) in [4.78, 5) is 16.7. The maximum atomic E-state index is 11.8. The Kier molecular flexibility index (Phi) is 9.01. The van der Waals surface area contributed by atoms with E-state index in [4.69, 9.17) is 32.9 Å². The molecule has 0 aliphatic rings. The predicted octanol–water partition coefficient (Wildman–Crippen LogP) is 7.90. The predicted molar refractivity (Wildman–Crippen MR) is 174 cm³/mol. The normalized spacial score (nSPS) is 11.5. The number of anilines is 1. The Morgan fingerprint density at radius 2 is 1.56 bits per heavy atom. The summed E-state index contributed by atoms with van der Waals surface area (Å²) in [6, 6.07) is 27.8. The van der Waals surface area contributed by atoms with Crippen molar-refractivity contribution in [2.75, 3.05) is 18.1 Å². The largest absolute Gasteiger partial charge is 0.465 e. The number of rotatable bonds is 9. The molecule has 0 bridgehead atoms. The van der Waals surface area contributed by atoms with Gasteiger partial charge in [-0.05, 0) is 70.8 Å². The second-order valence-corrected chi connectivity index (χ2v) is 12.4. The van der Waals surface area contributed by atoms with Crippen molar-refractivity contribution in [3.05, 3.63) is 130 Å². The van der Waals surface area contributed by atoms with Crippen molar-refractivity contribution in [2.45, 2.75) is 6.54 Å². The third kappa shape index (κ3) is 7.73. The molecular formula is C33H27Cl2N3O4S. The number of nitrogens with zero attached hydrogens (tertiary/aromatic N) is 2. The lowest BCUT2D eigenvalue weighted by molar-refractivity contribution is 0.0600. The zero-order valence-electron chi connectivity index (χ0n) is 23.3. The van der Waals surface area contributed by atoms with Crippen LogP contribution in [0.3, 0.4) is 0 Å². The molecule has 1 heterocycles. The molecule has 0 saturated carbocycles. The van der Waals surface area contributed by atoms with Gasteiger partial charge in [-0.3, -0.25) is 4.72 Å². The number of hydrogen-bond donors (Lipinski definition) is 1. The maximum absolute atomic E-state index is 11.8. The van der Waals surface area contributed by atoms with Crippen LogP contribution in [0.4, 0.5) is 5.69 Å². The first kappa shape index (κ1) is 30.1. The van der Waals surface area contributed by atoms with Crippen molar-refractivity contribution in [3.63, 3.8) is 0 Å². The van der Waals surface area contributed by atoms with Crippen molar-refractivity contribution in [1.82, 2.24) is 9.55 Å². The minimum absolute atomic E-state index is 0.385. The molecule has 0 saturated heterocycles. The summed E-state index contributed by atoms with van der Waals surface area (Å²) in [5.41, 5.74) is 6.39. The fourth-order valence-electron chi connectivity index (χ4n) is 4.48. The number of esters is 1. The average Bonchev–Trinajstić information content (AvgIpc) is 3.38. The highest BCUT2D eigenvalue weighted by atomic mass is 35.5. The molecule has 0 amide bonds. The van der Waals surface area contributed by atoms with Gasteiger partial charge < -0.3 is 9.30 Å². The number of halogens is 2. The average molecular weight is 633 g/mol. The van der Waals surface area contributed by atoms with Crippen LogP contribution in [-0.4, -0.2) is 37.3 Å². The molecule has 7 nitrogen and oxygen atoms in total. The minimum atomic E-state index is -3.33. The van der Waals surface area contributed by atoms with Crippen molar-refractivity contribution in [3.8, 4) is 22.4 Å². The lowest BCUT2D eigenvalue weighted by Gasteiger charge is -2.07. The summed E-state index contributed by atoms with van der Waals surface area (Å²) < 4.78 is 32.2. The number of methoxy groups -OCH3 is 1. The van der Waals surface area contributed by atoms with Gasteiger partial charge in [-0.15, -0.1) is 0 Å². The summed E-state index contributed by atoms with van der Waals surface area (Å²) in [6.07, 6.45) is 6.98. The van der Waals surface area contributed by atoms with Gasteiger partial charge in [0.25, 0.3) is 0 Å². The zero-order chi connectivity index (χ0) is 30.6. The van der Waals surface area contributed by atoms with E-state index in [9.17, 15) is 13.2 Å². The summed E-state index contributed by atoms with van der Waals surface area (Å²) >= 11 is 12.6. The van der Waals surface area contributed by atoms with Crippen LogP contribution in [0.25, 0.3) is 34.5 Å². The highest BCUT2D eigenvalue weighted by Gasteiger charge is 2.13.